The van der Waals surface area contributed by atoms with Crippen molar-refractivity contribution >= 4 is 11.6 Å². The van der Waals surface area contributed by atoms with Gasteiger partial charge >= 0.3 is 0 Å². The third-order valence-corrected chi connectivity index (χ3v) is 3.31. The maximum absolute atomic E-state index is 9.13. The first-order chi connectivity index (χ1) is 8.20. The van der Waals surface area contributed by atoms with Gasteiger partial charge in [0.25, 0.3) is 0 Å². The van der Waals surface area contributed by atoms with Gasteiger partial charge in [-0.15, -0.1) is 0 Å². The van der Waals surface area contributed by atoms with E-state index in [1.807, 2.05) is 37.3 Å². The van der Waals surface area contributed by atoms with Crippen molar-refractivity contribution < 1.29 is 0 Å². The summed E-state index contributed by atoms with van der Waals surface area (Å²) in [5, 5.41) is 9.69. The second-order valence-electron chi connectivity index (χ2n) is 3.85. The Labute approximate surface area is 106 Å². The molecule has 0 atom stereocenters. The fourth-order valence-electron chi connectivity index (χ4n) is 2.10. The summed E-state index contributed by atoms with van der Waals surface area (Å²) in [7, 11) is 0. The summed E-state index contributed by atoms with van der Waals surface area (Å²) in [4.78, 5) is 0. The molecular formula is C14H13ClN2. The molecule has 1 aromatic carbocycles. The molecule has 0 saturated heterocycles. The van der Waals surface area contributed by atoms with E-state index in [1.54, 1.807) is 0 Å². The monoisotopic (exact) mass is 244 g/mol. The number of hydrogen-bond donors (Lipinski definition) is 0. The van der Waals surface area contributed by atoms with E-state index < -0.39 is 0 Å². The van der Waals surface area contributed by atoms with Crippen molar-refractivity contribution in [3.05, 3.63) is 46.6 Å². The van der Waals surface area contributed by atoms with Gasteiger partial charge in [-0.1, -0.05) is 41.9 Å². The predicted octanol–water partition coefficient (Wildman–Crippen LogP) is 4.01. The largest absolute Gasteiger partial charge is 0.343 e. The van der Waals surface area contributed by atoms with Gasteiger partial charge in [-0.3, -0.25) is 0 Å². The van der Waals surface area contributed by atoms with Crippen molar-refractivity contribution in [3.63, 3.8) is 0 Å². The van der Waals surface area contributed by atoms with Gasteiger partial charge in [0.05, 0.1) is 16.3 Å². The lowest BCUT2D eigenvalue weighted by Gasteiger charge is -2.08. The number of rotatable bonds is 2. The van der Waals surface area contributed by atoms with Crippen LogP contribution in [0.2, 0.25) is 5.02 Å². The molecule has 0 radical (unpaired) electrons. The van der Waals surface area contributed by atoms with Crippen LogP contribution >= 0.6 is 11.6 Å². The molecule has 0 aliphatic carbocycles. The van der Waals surface area contributed by atoms with Gasteiger partial charge in [-0.05, 0) is 19.4 Å². The van der Waals surface area contributed by atoms with E-state index in [1.165, 1.54) is 0 Å². The number of nitriles is 1. The highest BCUT2D eigenvalue weighted by atomic mass is 35.5. The molecule has 0 aliphatic heterocycles. The topological polar surface area (TPSA) is 28.7 Å². The molecule has 3 heteroatoms. The Morgan fingerprint density at radius 1 is 1.29 bits per heavy atom. The normalized spacial score (nSPS) is 10.2. The molecule has 1 aromatic heterocycles. The third-order valence-electron chi connectivity index (χ3n) is 2.94. The molecule has 86 valence electrons. The minimum atomic E-state index is 0.554. The first-order valence-electron chi connectivity index (χ1n) is 5.54. The average molecular weight is 245 g/mol. The molecule has 0 unspecified atom stereocenters. The van der Waals surface area contributed by atoms with Gasteiger partial charge in [0.2, 0.25) is 0 Å². The summed E-state index contributed by atoms with van der Waals surface area (Å²) in [5.41, 5.74) is 3.49. The van der Waals surface area contributed by atoms with Crippen molar-refractivity contribution in [2.45, 2.75) is 20.4 Å². The molecule has 2 aromatic rings. The number of hydrogen-bond acceptors (Lipinski definition) is 1. The van der Waals surface area contributed by atoms with E-state index >= 15 is 0 Å². The number of benzene rings is 1. The van der Waals surface area contributed by atoms with Crippen LogP contribution in [-0.2, 0) is 6.54 Å². The Morgan fingerprint density at radius 3 is 2.47 bits per heavy atom. The SMILES string of the molecule is CCn1c(C)c(C#N)c(Cl)c1-c1ccccc1. The number of nitrogens with zero attached hydrogens (tertiary/aromatic N) is 2. The summed E-state index contributed by atoms with van der Waals surface area (Å²) in [5.74, 6) is 0. The van der Waals surface area contributed by atoms with Crippen molar-refractivity contribution in [1.29, 1.82) is 5.26 Å². The van der Waals surface area contributed by atoms with Crippen molar-refractivity contribution in [2.75, 3.05) is 0 Å². The van der Waals surface area contributed by atoms with Crippen LogP contribution in [0.4, 0.5) is 0 Å². The molecule has 0 N–H and O–H groups in total. The standard InChI is InChI=1S/C14H13ClN2/c1-3-17-10(2)12(9-16)13(15)14(17)11-7-5-4-6-8-11/h4-8H,3H2,1-2H3. The Hall–Kier alpha value is -1.72. The summed E-state index contributed by atoms with van der Waals surface area (Å²) in [6.07, 6.45) is 0. The number of halogens is 1. The van der Waals surface area contributed by atoms with Crippen LogP contribution in [-0.4, -0.2) is 4.57 Å². The average Bonchev–Trinajstić information content (AvgIpc) is 2.61. The zero-order chi connectivity index (χ0) is 12.4. The van der Waals surface area contributed by atoms with Crippen molar-refractivity contribution in [1.82, 2.24) is 4.57 Å². The van der Waals surface area contributed by atoms with Crippen LogP contribution in [0.5, 0.6) is 0 Å². The third kappa shape index (κ3) is 1.83. The lowest BCUT2D eigenvalue weighted by molar-refractivity contribution is 0.749. The molecule has 0 spiro atoms. The summed E-state index contributed by atoms with van der Waals surface area (Å²) in [6, 6.07) is 12.1. The Kier molecular flexibility index (Phi) is 3.21. The van der Waals surface area contributed by atoms with Gasteiger partial charge in [0.15, 0.2) is 0 Å². The molecule has 0 bridgehead atoms. The van der Waals surface area contributed by atoms with Gasteiger partial charge in [-0.25, -0.2) is 0 Å². The molecule has 0 fully saturated rings. The van der Waals surface area contributed by atoms with E-state index in [0.717, 1.165) is 23.5 Å². The highest BCUT2D eigenvalue weighted by molar-refractivity contribution is 6.34. The summed E-state index contributed by atoms with van der Waals surface area (Å²) >= 11 is 6.30. The molecule has 0 saturated carbocycles. The molecule has 0 amide bonds. The van der Waals surface area contributed by atoms with Crippen molar-refractivity contribution in [2.24, 2.45) is 0 Å². The van der Waals surface area contributed by atoms with Gasteiger partial charge in [0, 0.05) is 12.2 Å². The van der Waals surface area contributed by atoms with E-state index in [4.69, 9.17) is 16.9 Å². The molecule has 0 aliphatic rings. The Balaban J connectivity index is 2.75. The van der Waals surface area contributed by atoms with Crippen LogP contribution in [0, 0.1) is 18.3 Å². The predicted molar refractivity (Wildman–Crippen MR) is 70.0 cm³/mol. The smallest absolute Gasteiger partial charge is 0.103 e. The lowest BCUT2D eigenvalue weighted by Crippen LogP contribution is -1.99. The zero-order valence-corrected chi connectivity index (χ0v) is 10.6. The fraction of sp³-hybridized carbons (Fsp3) is 0.214. The maximum atomic E-state index is 9.13. The molecular weight excluding hydrogens is 232 g/mol. The van der Waals surface area contributed by atoms with Crippen LogP contribution in [0.3, 0.4) is 0 Å². The second-order valence-corrected chi connectivity index (χ2v) is 4.22. The Morgan fingerprint density at radius 2 is 1.94 bits per heavy atom. The van der Waals surface area contributed by atoms with E-state index in [-0.39, 0.29) is 0 Å². The highest BCUT2D eigenvalue weighted by Gasteiger charge is 2.18. The summed E-state index contributed by atoms with van der Waals surface area (Å²) in [6.45, 7) is 4.79. The van der Waals surface area contributed by atoms with Crippen LogP contribution in [0.15, 0.2) is 30.3 Å². The van der Waals surface area contributed by atoms with E-state index in [0.29, 0.717) is 10.6 Å². The number of aromatic nitrogens is 1. The molecule has 1 heterocycles. The quantitative estimate of drug-likeness (QED) is 0.785. The van der Waals surface area contributed by atoms with E-state index in [9.17, 15) is 0 Å². The minimum absolute atomic E-state index is 0.554. The maximum Gasteiger partial charge on any atom is 0.103 e. The van der Waals surface area contributed by atoms with Crippen LogP contribution in [0.1, 0.15) is 18.2 Å². The van der Waals surface area contributed by atoms with Gasteiger partial charge in [0.1, 0.15) is 6.07 Å². The highest BCUT2D eigenvalue weighted by Crippen LogP contribution is 2.34. The molecule has 2 rings (SSSR count). The van der Waals surface area contributed by atoms with E-state index in [2.05, 4.69) is 17.6 Å². The van der Waals surface area contributed by atoms with Gasteiger partial charge < -0.3 is 4.57 Å². The molecule has 2 nitrogen and oxygen atoms in total. The zero-order valence-electron chi connectivity index (χ0n) is 9.87. The van der Waals surface area contributed by atoms with Crippen LogP contribution < -0.4 is 0 Å². The minimum Gasteiger partial charge on any atom is -0.343 e. The van der Waals surface area contributed by atoms with Crippen LogP contribution in [0.25, 0.3) is 11.3 Å². The van der Waals surface area contributed by atoms with Crippen molar-refractivity contribution in [3.8, 4) is 17.3 Å². The summed E-state index contributed by atoms with van der Waals surface area (Å²) < 4.78 is 2.08. The fourth-order valence-corrected chi connectivity index (χ4v) is 2.49. The first kappa shape index (κ1) is 11.8. The van der Waals surface area contributed by atoms with Gasteiger partial charge in [-0.2, -0.15) is 5.26 Å². The lowest BCUT2D eigenvalue weighted by atomic mass is 10.1. The Bertz CT molecular complexity index is 577. The first-order valence-corrected chi connectivity index (χ1v) is 5.92. The molecule has 17 heavy (non-hydrogen) atoms. The second kappa shape index (κ2) is 4.65.